The van der Waals surface area contributed by atoms with Crippen LogP contribution < -0.4 is 0 Å². The van der Waals surface area contributed by atoms with E-state index >= 15 is 0 Å². The Balaban J connectivity index is 1.17. The Morgan fingerprint density at radius 1 is 0.459 bits per heavy atom. The van der Waals surface area contributed by atoms with Crippen LogP contribution in [-0.2, 0) is 32.1 Å². The molecule has 0 fully saturated rings. The van der Waals surface area contributed by atoms with Crippen LogP contribution in [0.1, 0.15) is 83.0 Å². The average Bonchev–Trinajstić information content (AvgIpc) is 3.25. The Hall–Kier alpha value is -3.12. The number of benzene rings is 4. The quantitative estimate of drug-likeness (QED) is 0.154. The van der Waals surface area contributed by atoms with Gasteiger partial charge in [0.1, 0.15) is 0 Å². The van der Waals surface area contributed by atoms with Crippen LogP contribution in [0.2, 0.25) is 0 Å². The first-order valence-electron chi connectivity index (χ1n) is 14.5. The second kappa shape index (κ2) is 12.4. The van der Waals surface area contributed by atoms with Crippen LogP contribution in [0, 0.1) is 13.8 Å². The number of unbranched alkanes of at least 4 members (excludes halogenated alkanes) is 4. The van der Waals surface area contributed by atoms with E-state index in [1.54, 1.807) is 11.1 Å². The van der Waals surface area contributed by atoms with Gasteiger partial charge in [0.2, 0.25) is 0 Å². The zero-order valence-electron chi connectivity index (χ0n) is 22.9. The van der Waals surface area contributed by atoms with Crippen molar-refractivity contribution in [3.8, 4) is 11.1 Å². The third kappa shape index (κ3) is 6.61. The predicted molar refractivity (Wildman–Crippen MR) is 160 cm³/mol. The Morgan fingerprint density at radius 3 is 1.30 bits per heavy atom. The van der Waals surface area contributed by atoms with Gasteiger partial charge in [0.05, 0.1) is 0 Å². The lowest BCUT2D eigenvalue weighted by Crippen LogP contribution is -1.95. The van der Waals surface area contributed by atoms with E-state index < -0.39 is 0 Å². The maximum atomic E-state index is 2.53. The fourth-order valence-corrected chi connectivity index (χ4v) is 6.09. The molecule has 0 saturated heterocycles. The van der Waals surface area contributed by atoms with Crippen LogP contribution in [0.5, 0.6) is 0 Å². The molecule has 1 aliphatic rings. The molecule has 0 spiro atoms. The summed E-state index contributed by atoms with van der Waals surface area (Å²) in [5, 5.41) is 0. The molecule has 0 radical (unpaired) electrons. The summed E-state index contributed by atoms with van der Waals surface area (Å²) in [4.78, 5) is 0. The van der Waals surface area contributed by atoms with Gasteiger partial charge in [-0.2, -0.15) is 0 Å². The lowest BCUT2D eigenvalue weighted by Gasteiger charge is -2.12. The van der Waals surface area contributed by atoms with Crippen molar-refractivity contribution < 1.29 is 0 Å². The SMILES string of the molecule is Cc1cc2c(cc1CCCCCc1ccccc1)-c1cc(CCCCCc3ccccc3)c(C)cc1C2. The third-order valence-corrected chi connectivity index (χ3v) is 8.30. The molecule has 0 amide bonds. The van der Waals surface area contributed by atoms with Gasteiger partial charge in [-0.1, -0.05) is 97.8 Å². The highest BCUT2D eigenvalue weighted by atomic mass is 14.3. The Kier molecular flexibility index (Phi) is 8.57. The van der Waals surface area contributed by atoms with Gasteiger partial charge in [-0.05, 0) is 127 Å². The van der Waals surface area contributed by atoms with Crippen LogP contribution in [0.25, 0.3) is 11.1 Å². The first-order valence-corrected chi connectivity index (χ1v) is 14.5. The van der Waals surface area contributed by atoms with E-state index in [0.717, 1.165) is 6.42 Å². The Morgan fingerprint density at radius 2 is 0.865 bits per heavy atom. The number of hydrogen-bond donors (Lipinski definition) is 0. The van der Waals surface area contributed by atoms with Crippen LogP contribution in [0.3, 0.4) is 0 Å². The van der Waals surface area contributed by atoms with Crippen molar-refractivity contribution in [1.29, 1.82) is 0 Å². The van der Waals surface area contributed by atoms with Crippen LogP contribution in [0.4, 0.5) is 0 Å². The zero-order chi connectivity index (χ0) is 25.5. The van der Waals surface area contributed by atoms with Crippen LogP contribution >= 0.6 is 0 Å². The zero-order valence-corrected chi connectivity index (χ0v) is 22.9. The highest BCUT2D eigenvalue weighted by molar-refractivity contribution is 5.79. The highest BCUT2D eigenvalue weighted by Gasteiger charge is 2.21. The molecular formula is C37H42. The molecule has 0 nitrogen and oxygen atoms in total. The first-order chi connectivity index (χ1) is 18.2. The van der Waals surface area contributed by atoms with E-state index in [0.29, 0.717) is 0 Å². The van der Waals surface area contributed by atoms with Gasteiger partial charge in [-0.15, -0.1) is 0 Å². The molecule has 0 saturated carbocycles. The lowest BCUT2D eigenvalue weighted by atomic mass is 9.93. The molecular weight excluding hydrogens is 444 g/mol. The van der Waals surface area contributed by atoms with Gasteiger partial charge in [0, 0.05) is 0 Å². The highest BCUT2D eigenvalue weighted by Crippen LogP contribution is 2.40. The van der Waals surface area contributed by atoms with Gasteiger partial charge < -0.3 is 0 Å². The fraction of sp³-hybridized carbons (Fsp3) is 0.351. The van der Waals surface area contributed by atoms with Crippen LogP contribution in [-0.4, -0.2) is 0 Å². The Labute approximate surface area is 224 Å². The molecule has 0 unspecified atom stereocenters. The fourth-order valence-electron chi connectivity index (χ4n) is 6.09. The van der Waals surface area contributed by atoms with Gasteiger partial charge in [0.15, 0.2) is 0 Å². The van der Waals surface area contributed by atoms with E-state index in [2.05, 4.69) is 98.8 Å². The summed E-state index contributed by atoms with van der Waals surface area (Å²) in [6, 6.07) is 31.9. The summed E-state index contributed by atoms with van der Waals surface area (Å²) in [5.74, 6) is 0. The minimum atomic E-state index is 1.10. The number of aryl methyl sites for hydroxylation is 6. The summed E-state index contributed by atoms with van der Waals surface area (Å²) in [7, 11) is 0. The summed E-state index contributed by atoms with van der Waals surface area (Å²) >= 11 is 0. The summed E-state index contributed by atoms with van der Waals surface area (Å²) in [6.45, 7) is 4.63. The topological polar surface area (TPSA) is 0 Å². The average molecular weight is 487 g/mol. The van der Waals surface area contributed by atoms with Gasteiger partial charge in [-0.3, -0.25) is 0 Å². The van der Waals surface area contributed by atoms with E-state index in [9.17, 15) is 0 Å². The smallest absolute Gasteiger partial charge is 0.00132 e. The molecule has 190 valence electrons. The predicted octanol–water partition coefficient (Wildman–Crippen LogP) is 9.79. The van der Waals surface area contributed by atoms with Crippen molar-refractivity contribution in [2.24, 2.45) is 0 Å². The molecule has 0 N–H and O–H groups in total. The van der Waals surface area contributed by atoms with Gasteiger partial charge in [0.25, 0.3) is 0 Å². The van der Waals surface area contributed by atoms with Crippen molar-refractivity contribution in [3.63, 3.8) is 0 Å². The summed E-state index contributed by atoms with van der Waals surface area (Å²) in [5.41, 5.74) is 15.1. The molecule has 0 heteroatoms. The van der Waals surface area contributed by atoms with E-state index in [-0.39, 0.29) is 0 Å². The summed E-state index contributed by atoms with van der Waals surface area (Å²) < 4.78 is 0. The Bertz CT molecular complexity index is 1190. The van der Waals surface area contributed by atoms with E-state index in [1.165, 1.54) is 109 Å². The molecule has 4 aromatic rings. The van der Waals surface area contributed by atoms with Crippen LogP contribution in [0.15, 0.2) is 84.9 Å². The van der Waals surface area contributed by atoms with Crippen molar-refractivity contribution in [1.82, 2.24) is 0 Å². The molecule has 0 aliphatic heterocycles. The molecule has 4 aromatic carbocycles. The minimum Gasteiger partial charge on any atom is -0.0622 e. The van der Waals surface area contributed by atoms with Crippen molar-refractivity contribution in [2.75, 3.05) is 0 Å². The first kappa shape index (κ1) is 25.5. The van der Waals surface area contributed by atoms with Gasteiger partial charge >= 0.3 is 0 Å². The minimum absolute atomic E-state index is 1.10. The molecule has 0 heterocycles. The number of hydrogen-bond acceptors (Lipinski definition) is 0. The van der Waals surface area contributed by atoms with Crippen molar-refractivity contribution in [3.05, 3.63) is 129 Å². The third-order valence-electron chi connectivity index (χ3n) is 8.30. The molecule has 0 bridgehead atoms. The number of fused-ring (bicyclic) bond motifs is 3. The maximum absolute atomic E-state index is 2.53. The monoisotopic (exact) mass is 486 g/mol. The largest absolute Gasteiger partial charge is 0.0622 e. The van der Waals surface area contributed by atoms with Crippen molar-refractivity contribution >= 4 is 0 Å². The molecule has 0 aromatic heterocycles. The summed E-state index contributed by atoms with van der Waals surface area (Å²) in [6.07, 6.45) is 13.6. The second-order valence-electron chi connectivity index (χ2n) is 11.1. The standard InChI is InChI=1S/C37H42/c1-28-23-34-25-35-24-29(2)33(22-14-6-12-20-31-17-9-4-10-18-31)27-37(35)36(34)26-32(28)21-13-5-11-19-30-15-7-3-8-16-30/h3-4,7-10,15-18,23-24,26-27H,5-6,11-14,19-22,25H2,1-2H3. The maximum Gasteiger partial charge on any atom is -0.00132 e. The van der Waals surface area contributed by atoms with E-state index in [1.807, 2.05) is 0 Å². The van der Waals surface area contributed by atoms with Gasteiger partial charge in [-0.25, -0.2) is 0 Å². The van der Waals surface area contributed by atoms with E-state index in [4.69, 9.17) is 0 Å². The van der Waals surface area contributed by atoms with Crippen molar-refractivity contribution in [2.45, 2.75) is 84.5 Å². The molecule has 0 atom stereocenters. The lowest BCUT2D eigenvalue weighted by molar-refractivity contribution is 0.677. The number of rotatable bonds is 12. The second-order valence-corrected chi connectivity index (χ2v) is 11.1. The molecule has 5 rings (SSSR count). The molecule has 37 heavy (non-hydrogen) atoms. The molecule has 1 aliphatic carbocycles. The normalized spacial score (nSPS) is 11.9.